The Morgan fingerprint density at radius 2 is 1.96 bits per heavy atom. The first-order valence-corrected chi connectivity index (χ1v) is 9.15. The molecule has 0 spiro atoms. The molecule has 3 aliphatic rings. The van der Waals surface area contributed by atoms with Crippen molar-refractivity contribution < 1.29 is 27.9 Å². The Balaban J connectivity index is 1.58. The van der Waals surface area contributed by atoms with Gasteiger partial charge >= 0.3 is 6.18 Å². The van der Waals surface area contributed by atoms with Crippen molar-refractivity contribution in [1.82, 2.24) is 9.80 Å². The first-order chi connectivity index (χ1) is 12.7. The SMILES string of the molecule is O=C([O-])N1CC2CCCC2(C(=O)N2CCc3ccc(C(F)(F)F)cc3C2)C1. The van der Waals surface area contributed by atoms with Crippen LogP contribution in [0.2, 0.25) is 0 Å². The summed E-state index contributed by atoms with van der Waals surface area (Å²) in [6, 6.07) is 3.70. The smallest absolute Gasteiger partial charge is 0.416 e. The van der Waals surface area contributed by atoms with Crippen molar-refractivity contribution in [1.29, 1.82) is 0 Å². The zero-order chi connectivity index (χ0) is 19.4. The summed E-state index contributed by atoms with van der Waals surface area (Å²) in [5.41, 5.74) is -0.115. The van der Waals surface area contributed by atoms with E-state index in [1.165, 1.54) is 11.0 Å². The van der Waals surface area contributed by atoms with Gasteiger partial charge in [0.15, 0.2) is 0 Å². The molecule has 2 heterocycles. The minimum Gasteiger partial charge on any atom is -0.530 e. The van der Waals surface area contributed by atoms with E-state index in [4.69, 9.17) is 0 Å². The quantitative estimate of drug-likeness (QED) is 0.748. The van der Waals surface area contributed by atoms with Crippen LogP contribution in [-0.4, -0.2) is 41.4 Å². The van der Waals surface area contributed by atoms with Crippen LogP contribution >= 0.6 is 0 Å². The lowest BCUT2D eigenvalue weighted by Crippen LogP contribution is -2.49. The van der Waals surface area contributed by atoms with E-state index < -0.39 is 23.2 Å². The van der Waals surface area contributed by atoms with Crippen molar-refractivity contribution in [3.63, 3.8) is 0 Å². The molecule has 27 heavy (non-hydrogen) atoms. The molecule has 1 aliphatic carbocycles. The molecule has 4 rings (SSSR count). The summed E-state index contributed by atoms with van der Waals surface area (Å²) in [4.78, 5) is 27.4. The van der Waals surface area contributed by atoms with Crippen LogP contribution < -0.4 is 5.11 Å². The molecule has 2 atom stereocenters. The molecule has 0 N–H and O–H groups in total. The molecular weight excluding hydrogens is 361 g/mol. The molecule has 1 aromatic rings. The van der Waals surface area contributed by atoms with Crippen LogP contribution in [0, 0.1) is 11.3 Å². The molecular formula is C19H20F3N2O3-. The number of halogens is 3. The van der Waals surface area contributed by atoms with Gasteiger partial charge in [-0.15, -0.1) is 0 Å². The van der Waals surface area contributed by atoms with E-state index in [0.29, 0.717) is 31.5 Å². The zero-order valence-corrected chi connectivity index (χ0v) is 14.7. The summed E-state index contributed by atoms with van der Waals surface area (Å²) in [7, 11) is 0. The molecule has 5 nitrogen and oxygen atoms in total. The number of benzene rings is 1. The Kier molecular flexibility index (Phi) is 4.12. The highest BCUT2D eigenvalue weighted by Gasteiger charge is 2.56. The molecule has 0 aromatic heterocycles. The van der Waals surface area contributed by atoms with Crippen molar-refractivity contribution in [2.75, 3.05) is 19.6 Å². The number of carboxylic acid groups (broad SMARTS) is 1. The van der Waals surface area contributed by atoms with Gasteiger partial charge in [0.25, 0.3) is 0 Å². The van der Waals surface area contributed by atoms with Gasteiger partial charge in [-0.2, -0.15) is 13.2 Å². The van der Waals surface area contributed by atoms with Gasteiger partial charge in [-0.05, 0) is 48.4 Å². The summed E-state index contributed by atoms with van der Waals surface area (Å²) < 4.78 is 39.0. The first kappa shape index (κ1) is 18.1. The van der Waals surface area contributed by atoms with Crippen LogP contribution in [0.5, 0.6) is 0 Å². The molecule has 1 saturated carbocycles. The number of carbonyl (C=O) groups is 2. The van der Waals surface area contributed by atoms with Crippen molar-refractivity contribution in [2.45, 2.75) is 38.4 Å². The number of alkyl halides is 3. The highest BCUT2D eigenvalue weighted by atomic mass is 19.4. The zero-order valence-electron chi connectivity index (χ0n) is 14.7. The number of amides is 2. The molecule has 2 unspecified atom stereocenters. The Morgan fingerprint density at radius 3 is 2.67 bits per heavy atom. The van der Waals surface area contributed by atoms with Crippen molar-refractivity contribution >= 4 is 12.0 Å². The van der Waals surface area contributed by atoms with Crippen LogP contribution in [0.25, 0.3) is 0 Å². The summed E-state index contributed by atoms with van der Waals surface area (Å²) >= 11 is 0. The fourth-order valence-corrected chi connectivity index (χ4v) is 5.00. The third-order valence-electron chi connectivity index (χ3n) is 6.39. The maximum Gasteiger partial charge on any atom is 0.416 e. The summed E-state index contributed by atoms with van der Waals surface area (Å²) in [5.74, 6) is -0.164. The third kappa shape index (κ3) is 2.95. The van der Waals surface area contributed by atoms with Gasteiger partial charge in [-0.25, -0.2) is 0 Å². The first-order valence-electron chi connectivity index (χ1n) is 9.15. The van der Waals surface area contributed by atoms with E-state index in [2.05, 4.69) is 0 Å². The van der Waals surface area contributed by atoms with Crippen LogP contribution in [-0.2, 0) is 23.9 Å². The van der Waals surface area contributed by atoms with E-state index in [0.717, 1.165) is 30.5 Å². The van der Waals surface area contributed by atoms with E-state index in [9.17, 15) is 27.9 Å². The van der Waals surface area contributed by atoms with E-state index in [1.807, 2.05) is 0 Å². The molecule has 8 heteroatoms. The largest absolute Gasteiger partial charge is 0.530 e. The lowest BCUT2D eigenvalue weighted by Gasteiger charge is -2.37. The maximum absolute atomic E-state index is 13.3. The van der Waals surface area contributed by atoms with Gasteiger partial charge < -0.3 is 19.7 Å². The predicted molar refractivity (Wildman–Crippen MR) is 87.3 cm³/mol. The Morgan fingerprint density at radius 1 is 1.19 bits per heavy atom. The number of carbonyl (C=O) groups excluding carboxylic acids is 2. The molecule has 0 radical (unpaired) electrons. The van der Waals surface area contributed by atoms with Gasteiger partial charge in [0, 0.05) is 26.2 Å². The standard InChI is InChI=1S/C19H21F3N2O3/c20-19(21,22)14-4-3-12-5-7-23(9-13(12)8-14)16(25)18-6-1-2-15(18)10-24(11-18)17(26)27/h3-4,8,15H,1-2,5-7,9-11H2,(H,26,27)/p-1. The lowest BCUT2D eigenvalue weighted by atomic mass is 9.78. The average Bonchev–Trinajstić information content (AvgIpc) is 3.17. The van der Waals surface area contributed by atoms with Gasteiger partial charge in [-0.1, -0.05) is 12.5 Å². The van der Waals surface area contributed by atoms with Gasteiger partial charge in [-0.3, -0.25) is 4.79 Å². The molecule has 2 fully saturated rings. The molecule has 0 bridgehead atoms. The van der Waals surface area contributed by atoms with Gasteiger partial charge in [0.05, 0.1) is 11.0 Å². The van der Waals surface area contributed by atoms with Crippen molar-refractivity contribution in [3.05, 3.63) is 34.9 Å². The summed E-state index contributed by atoms with van der Waals surface area (Å²) in [6.45, 7) is 1.01. The number of hydrogen-bond donors (Lipinski definition) is 0. The van der Waals surface area contributed by atoms with Crippen molar-refractivity contribution in [3.8, 4) is 0 Å². The Labute approximate surface area is 154 Å². The number of hydrogen-bond acceptors (Lipinski definition) is 3. The van der Waals surface area contributed by atoms with Gasteiger partial charge in [0.1, 0.15) is 6.09 Å². The van der Waals surface area contributed by atoms with Crippen LogP contribution in [0.15, 0.2) is 18.2 Å². The summed E-state index contributed by atoms with van der Waals surface area (Å²) in [5, 5.41) is 11.3. The molecule has 1 aromatic carbocycles. The topological polar surface area (TPSA) is 63.7 Å². The number of fused-ring (bicyclic) bond motifs is 2. The molecule has 1 saturated heterocycles. The molecule has 2 aliphatic heterocycles. The fourth-order valence-electron chi connectivity index (χ4n) is 5.00. The minimum absolute atomic E-state index is 0.0363. The highest BCUT2D eigenvalue weighted by Crippen LogP contribution is 2.50. The van der Waals surface area contributed by atoms with E-state index in [-0.39, 0.29) is 24.9 Å². The minimum atomic E-state index is -4.42. The second-order valence-corrected chi connectivity index (χ2v) is 7.85. The van der Waals surface area contributed by atoms with E-state index >= 15 is 0 Å². The van der Waals surface area contributed by atoms with Crippen LogP contribution in [0.3, 0.4) is 0 Å². The number of likely N-dealkylation sites (tertiary alicyclic amines) is 1. The summed E-state index contributed by atoms with van der Waals surface area (Å²) in [6.07, 6.45) is -2.92. The Bertz CT molecular complexity index is 795. The number of nitrogens with zero attached hydrogens (tertiary/aromatic N) is 2. The van der Waals surface area contributed by atoms with E-state index in [1.54, 1.807) is 4.90 Å². The van der Waals surface area contributed by atoms with Gasteiger partial charge in [0.2, 0.25) is 5.91 Å². The molecule has 146 valence electrons. The highest BCUT2D eigenvalue weighted by molar-refractivity contribution is 5.85. The van der Waals surface area contributed by atoms with Crippen molar-refractivity contribution in [2.24, 2.45) is 11.3 Å². The third-order valence-corrected chi connectivity index (χ3v) is 6.39. The monoisotopic (exact) mass is 381 g/mol. The average molecular weight is 381 g/mol. The predicted octanol–water partition coefficient (Wildman–Crippen LogP) is 2.04. The second kappa shape index (κ2) is 6.14. The van der Waals surface area contributed by atoms with Crippen LogP contribution in [0.1, 0.15) is 36.0 Å². The Hall–Kier alpha value is -2.25. The molecule has 2 amide bonds. The second-order valence-electron chi connectivity index (χ2n) is 7.85. The van der Waals surface area contributed by atoms with Crippen LogP contribution in [0.4, 0.5) is 18.0 Å². The lowest BCUT2D eigenvalue weighted by molar-refractivity contribution is -0.264. The fraction of sp³-hybridized carbons (Fsp3) is 0.579. The normalized spacial score (nSPS) is 27.4. The number of rotatable bonds is 1. The maximum atomic E-state index is 13.3.